The zero-order valence-electron chi connectivity index (χ0n) is 7.88. The third-order valence-corrected chi connectivity index (χ3v) is 1.81. The molecule has 0 radical (unpaired) electrons. The van der Waals surface area contributed by atoms with Crippen LogP contribution in [0.15, 0.2) is 0 Å². The fraction of sp³-hybridized carbons (Fsp3) is 1.00. The van der Waals surface area contributed by atoms with Gasteiger partial charge < -0.3 is 15.3 Å². The number of rotatable bonds is 8. The first-order valence-electron chi connectivity index (χ1n) is 3.86. The van der Waals surface area contributed by atoms with Crippen LogP contribution in [0.25, 0.3) is 0 Å². The minimum Gasteiger partial charge on any atom is -0.395 e. The van der Waals surface area contributed by atoms with Gasteiger partial charge in [0.15, 0.2) is 0 Å². The number of hydrogen-bond donors (Lipinski definition) is 3. The predicted octanol–water partition coefficient (Wildman–Crippen LogP) is -2.31. The Morgan fingerprint density at radius 1 is 1.00 bits per heavy atom. The molecule has 0 aromatic rings. The van der Waals surface area contributed by atoms with Gasteiger partial charge >= 0.3 is 0 Å². The summed E-state index contributed by atoms with van der Waals surface area (Å²) < 4.78 is 0. The second-order valence-electron chi connectivity index (χ2n) is 2.83. The topological polar surface area (TPSA) is 165 Å². The van der Waals surface area contributed by atoms with E-state index in [4.69, 9.17) is 15.3 Å². The molecule has 94 valence electrons. The van der Waals surface area contributed by atoms with E-state index in [9.17, 15) is 20.2 Å². The summed E-state index contributed by atoms with van der Waals surface area (Å²) in [4.78, 5) is 27.6. The summed E-state index contributed by atoms with van der Waals surface area (Å²) in [7, 11) is 0. The second kappa shape index (κ2) is 5.99. The van der Waals surface area contributed by atoms with Crippen LogP contribution in [0.4, 0.5) is 0 Å². The van der Waals surface area contributed by atoms with E-state index in [0.717, 1.165) is 0 Å². The molecule has 0 saturated heterocycles. The molecule has 0 aliphatic carbocycles. The van der Waals surface area contributed by atoms with Crippen molar-refractivity contribution in [2.45, 2.75) is 6.29 Å². The molecule has 0 heterocycles. The first-order valence-corrected chi connectivity index (χ1v) is 3.86. The number of nitrogens with zero attached hydrogens (tertiary/aromatic N) is 2. The van der Waals surface area contributed by atoms with E-state index in [1.54, 1.807) is 0 Å². The number of aliphatic hydroxyl groups excluding tert-OH is 3. The van der Waals surface area contributed by atoms with Gasteiger partial charge in [-0.3, -0.25) is 9.68 Å². The molecule has 0 aromatic heterocycles. The highest BCUT2D eigenvalue weighted by molar-refractivity contribution is 4.80. The Morgan fingerprint density at radius 2 is 1.31 bits per heavy atom. The highest BCUT2D eigenvalue weighted by Gasteiger charge is 2.43. The van der Waals surface area contributed by atoms with Gasteiger partial charge in [0, 0.05) is 0 Å². The molecule has 11 nitrogen and oxygen atoms in total. The number of aliphatic hydroxyl groups is 3. The van der Waals surface area contributed by atoms with Crippen molar-refractivity contribution in [3.8, 4) is 0 Å². The van der Waals surface area contributed by atoms with Crippen molar-refractivity contribution in [1.29, 1.82) is 0 Å². The molecule has 0 spiro atoms. The summed E-state index contributed by atoms with van der Waals surface area (Å²) in [5, 5.41) is 43.8. The van der Waals surface area contributed by atoms with E-state index in [-0.39, 0.29) is 0 Å². The lowest BCUT2D eigenvalue weighted by Crippen LogP contribution is -2.49. The van der Waals surface area contributed by atoms with Crippen molar-refractivity contribution in [2.24, 2.45) is 5.41 Å². The summed E-state index contributed by atoms with van der Waals surface area (Å²) in [6, 6.07) is 0. The average molecular weight is 242 g/mol. The smallest absolute Gasteiger partial charge is 0.296 e. The Kier molecular flexibility index (Phi) is 5.35. The van der Waals surface area contributed by atoms with Crippen LogP contribution < -0.4 is 0 Å². The SMILES string of the molecule is O=[N+]([O-])OC(O[N+](=O)[O-])C(CO)(CO)CO. The zero-order valence-corrected chi connectivity index (χ0v) is 7.88. The molecule has 0 fully saturated rings. The van der Waals surface area contributed by atoms with Crippen molar-refractivity contribution in [2.75, 3.05) is 19.8 Å². The van der Waals surface area contributed by atoms with Crippen molar-refractivity contribution in [3.63, 3.8) is 0 Å². The van der Waals surface area contributed by atoms with Crippen molar-refractivity contribution < 1.29 is 35.2 Å². The average Bonchev–Trinajstić information content (AvgIpc) is 2.19. The van der Waals surface area contributed by atoms with Crippen LogP contribution in [-0.4, -0.2) is 51.6 Å². The van der Waals surface area contributed by atoms with Crippen molar-refractivity contribution in [1.82, 2.24) is 0 Å². The Morgan fingerprint density at radius 3 is 1.50 bits per heavy atom. The molecule has 0 aliphatic rings. The van der Waals surface area contributed by atoms with Gasteiger partial charge in [-0.1, -0.05) is 0 Å². The maximum atomic E-state index is 10.0. The standard InChI is InChI=1S/C5H10N2O9/c8-1-5(2-9,3-10)4(15-6(11)12)16-7(13)14/h4,8-10H,1-3H2. The van der Waals surface area contributed by atoms with Crippen LogP contribution in [0, 0.1) is 25.6 Å². The normalized spacial score (nSPS) is 11.2. The fourth-order valence-corrected chi connectivity index (χ4v) is 0.773. The summed E-state index contributed by atoms with van der Waals surface area (Å²) in [6.45, 7) is -3.02. The first kappa shape index (κ1) is 14.3. The molecule has 0 bridgehead atoms. The van der Waals surface area contributed by atoms with Gasteiger partial charge in [-0.05, 0) is 0 Å². The summed E-state index contributed by atoms with van der Waals surface area (Å²) in [6.07, 6.45) is -2.22. The van der Waals surface area contributed by atoms with Gasteiger partial charge in [0.1, 0.15) is 0 Å². The molecule has 11 heteroatoms. The van der Waals surface area contributed by atoms with Crippen LogP contribution in [0.3, 0.4) is 0 Å². The fourth-order valence-electron chi connectivity index (χ4n) is 0.773. The third kappa shape index (κ3) is 3.45. The number of hydrogen-bond acceptors (Lipinski definition) is 9. The van der Waals surface area contributed by atoms with Crippen LogP contribution in [0.2, 0.25) is 0 Å². The summed E-state index contributed by atoms with van der Waals surface area (Å²) in [5.74, 6) is 0. The molecular weight excluding hydrogens is 232 g/mol. The molecule has 0 rings (SSSR count). The molecule has 3 N–H and O–H groups in total. The van der Waals surface area contributed by atoms with Gasteiger partial charge in [-0.25, -0.2) is 0 Å². The third-order valence-electron chi connectivity index (χ3n) is 1.81. The Labute approximate surface area is 88.0 Å². The molecular formula is C5H10N2O9. The van der Waals surface area contributed by atoms with Gasteiger partial charge in [0.25, 0.3) is 16.5 Å². The Hall–Kier alpha value is -1.72. The first-order chi connectivity index (χ1) is 7.41. The maximum Gasteiger partial charge on any atom is 0.296 e. The maximum absolute atomic E-state index is 10.0. The molecule has 0 aliphatic heterocycles. The van der Waals surface area contributed by atoms with Crippen molar-refractivity contribution in [3.05, 3.63) is 20.2 Å². The largest absolute Gasteiger partial charge is 0.395 e. The minimum absolute atomic E-state index is 1.01. The van der Waals surface area contributed by atoms with Crippen LogP contribution in [-0.2, 0) is 9.68 Å². The van der Waals surface area contributed by atoms with E-state index in [0.29, 0.717) is 0 Å². The lowest BCUT2D eigenvalue weighted by Gasteiger charge is -2.32. The van der Waals surface area contributed by atoms with Crippen LogP contribution in [0.1, 0.15) is 0 Å². The van der Waals surface area contributed by atoms with Gasteiger partial charge in [0.2, 0.25) is 0 Å². The summed E-state index contributed by atoms with van der Waals surface area (Å²) in [5.41, 5.74) is -2.06. The van der Waals surface area contributed by atoms with E-state index >= 15 is 0 Å². The Balaban J connectivity index is 4.94. The zero-order chi connectivity index (χ0) is 12.8. The van der Waals surface area contributed by atoms with E-state index in [1.165, 1.54) is 0 Å². The van der Waals surface area contributed by atoms with Crippen molar-refractivity contribution >= 4 is 0 Å². The van der Waals surface area contributed by atoms with E-state index in [1.807, 2.05) is 0 Å². The highest BCUT2D eigenvalue weighted by Crippen LogP contribution is 2.24. The highest BCUT2D eigenvalue weighted by atomic mass is 17.0. The van der Waals surface area contributed by atoms with Gasteiger partial charge in [-0.2, -0.15) is 0 Å². The predicted molar refractivity (Wildman–Crippen MR) is 43.6 cm³/mol. The quantitative estimate of drug-likeness (QED) is 0.241. The lowest BCUT2D eigenvalue weighted by atomic mass is 9.90. The van der Waals surface area contributed by atoms with Crippen LogP contribution >= 0.6 is 0 Å². The second-order valence-corrected chi connectivity index (χ2v) is 2.83. The van der Waals surface area contributed by atoms with Gasteiger partial charge in [0.05, 0.1) is 25.2 Å². The summed E-state index contributed by atoms with van der Waals surface area (Å²) >= 11 is 0. The Bertz CT molecular complexity index is 228. The van der Waals surface area contributed by atoms with Crippen LogP contribution in [0.5, 0.6) is 0 Å². The van der Waals surface area contributed by atoms with E-state index in [2.05, 4.69) is 9.68 Å². The monoisotopic (exact) mass is 242 g/mol. The van der Waals surface area contributed by atoms with Gasteiger partial charge in [-0.15, -0.1) is 20.2 Å². The molecule has 0 amide bonds. The lowest BCUT2D eigenvalue weighted by molar-refractivity contribution is -0.858. The molecule has 0 saturated carbocycles. The van der Waals surface area contributed by atoms with E-state index < -0.39 is 41.7 Å². The molecule has 0 unspecified atom stereocenters. The molecule has 16 heavy (non-hydrogen) atoms. The molecule has 0 aromatic carbocycles. The minimum atomic E-state index is -2.22. The molecule has 0 atom stereocenters.